The van der Waals surface area contributed by atoms with Gasteiger partial charge in [-0.15, -0.1) is 0 Å². The van der Waals surface area contributed by atoms with Crippen molar-refractivity contribution in [3.8, 4) is 11.5 Å². The molecule has 3 heterocycles. The zero-order valence-corrected chi connectivity index (χ0v) is 38.0. The predicted molar refractivity (Wildman–Crippen MR) is 241 cm³/mol. The number of ether oxygens (including phenoxy) is 2. The molecule has 0 amide bonds. The second-order valence-electron chi connectivity index (χ2n) is 20.0. The summed E-state index contributed by atoms with van der Waals surface area (Å²) in [6, 6.07) is 13.1. The highest BCUT2D eigenvalue weighted by Crippen LogP contribution is 2.44. The largest absolute Gasteiger partial charge is 0.497 e. The lowest BCUT2D eigenvalue weighted by Gasteiger charge is -2.45. The van der Waals surface area contributed by atoms with Crippen LogP contribution in [0.5, 0.6) is 11.5 Å². The molecule has 1 unspecified atom stereocenters. The van der Waals surface area contributed by atoms with Gasteiger partial charge in [0.2, 0.25) is 0 Å². The summed E-state index contributed by atoms with van der Waals surface area (Å²) in [4.78, 5) is 48.4. The SMILES string of the molecule is C=C(CC(=O)C1=CN(CC(C)C)CCC1(C)C)CC1CN(CC(C)C)C=C(C(=O)CC(=O)c2ccc(OCc3cc(OC)ccc3N3C=CC(C)(C)CC3)cc2)C1(C)C. The summed E-state index contributed by atoms with van der Waals surface area (Å²) in [5.74, 6) is 2.09. The molecule has 3 aliphatic rings. The number of methoxy groups -OCH3 is 1. The quantitative estimate of drug-likeness (QED) is 0.0837. The van der Waals surface area contributed by atoms with Gasteiger partial charge >= 0.3 is 0 Å². The van der Waals surface area contributed by atoms with Gasteiger partial charge in [-0.3, -0.25) is 14.4 Å². The number of hydrogen-bond donors (Lipinski definition) is 0. The van der Waals surface area contributed by atoms with Crippen molar-refractivity contribution < 1.29 is 23.9 Å². The van der Waals surface area contributed by atoms with Crippen molar-refractivity contribution in [3.63, 3.8) is 0 Å². The van der Waals surface area contributed by atoms with Gasteiger partial charge in [-0.2, -0.15) is 0 Å². The average molecular weight is 806 g/mol. The fourth-order valence-electron chi connectivity index (χ4n) is 8.65. The number of benzene rings is 2. The summed E-state index contributed by atoms with van der Waals surface area (Å²) in [6.45, 7) is 30.9. The summed E-state index contributed by atoms with van der Waals surface area (Å²) in [7, 11) is 1.66. The minimum atomic E-state index is -0.523. The number of carbonyl (C=O) groups excluding carboxylic acids is 3. The van der Waals surface area contributed by atoms with Gasteiger partial charge in [0.1, 0.15) is 18.1 Å². The van der Waals surface area contributed by atoms with Crippen LogP contribution in [0.25, 0.3) is 0 Å². The summed E-state index contributed by atoms with van der Waals surface area (Å²) >= 11 is 0. The number of nitrogens with zero attached hydrogens (tertiary/aromatic N) is 3. The number of ketones is 3. The van der Waals surface area contributed by atoms with E-state index >= 15 is 0 Å². The van der Waals surface area contributed by atoms with E-state index in [1.54, 1.807) is 31.4 Å². The van der Waals surface area contributed by atoms with E-state index in [-0.39, 0.29) is 40.5 Å². The van der Waals surface area contributed by atoms with Crippen LogP contribution in [-0.4, -0.2) is 67.0 Å². The first-order chi connectivity index (χ1) is 27.7. The zero-order valence-electron chi connectivity index (χ0n) is 38.0. The molecular formula is C51H71N3O5. The van der Waals surface area contributed by atoms with Gasteiger partial charge in [-0.1, -0.05) is 87.5 Å². The highest BCUT2D eigenvalue weighted by Gasteiger charge is 2.42. The zero-order chi connectivity index (χ0) is 43.3. The molecule has 1 atom stereocenters. The molecule has 3 aliphatic heterocycles. The maximum atomic E-state index is 14.2. The Hall–Kier alpha value is -4.59. The molecule has 0 aliphatic carbocycles. The summed E-state index contributed by atoms with van der Waals surface area (Å²) in [6.07, 6.45) is 11.2. The van der Waals surface area contributed by atoms with Gasteiger partial charge in [-0.05, 0) is 95.7 Å². The van der Waals surface area contributed by atoms with Crippen molar-refractivity contribution in [2.24, 2.45) is 34.0 Å². The molecule has 2 aromatic carbocycles. The van der Waals surface area contributed by atoms with E-state index in [9.17, 15) is 14.4 Å². The lowest BCUT2D eigenvalue weighted by molar-refractivity contribution is -0.117. The Bertz CT molecular complexity index is 1950. The maximum Gasteiger partial charge on any atom is 0.170 e. The molecule has 0 saturated carbocycles. The van der Waals surface area contributed by atoms with Gasteiger partial charge in [0.05, 0.1) is 13.5 Å². The molecule has 320 valence electrons. The summed E-state index contributed by atoms with van der Waals surface area (Å²) in [5.41, 5.74) is 4.43. The summed E-state index contributed by atoms with van der Waals surface area (Å²) < 4.78 is 11.8. The minimum Gasteiger partial charge on any atom is -0.497 e. The second kappa shape index (κ2) is 18.8. The Morgan fingerprint density at radius 3 is 2.03 bits per heavy atom. The van der Waals surface area contributed by atoms with Crippen molar-refractivity contribution >= 4 is 23.0 Å². The van der Waals surface area contributed by atoms with Crippen LogP contribution in [0, 0.1) is 34.0 Å². The highest BCUT2D eigenvalue weighted by atomic mass is 16.5. The average Bonchev–Trinajstić information content (AvgIpc) is 3.15. The van der Waals surface area contributed by atoms with Crippen LogP contribution in [-0.2, 0) is 16.2 Å². The molecule has 2 aromatic rings. The molecule has 59 heavy (non-hydrogen) atoms. The standard InChI is InChI=1S/C51H71N3O5/c1-35(2)29-52-22-21-50(8,9)43(32-52)47(56)26-37(5)25-40-31-53(30-36(3)4)33-44(51(40,10)11)48(57)28-46(55)38-13-15-41(16-14-38)59-34-39-27-42(58-12)17-18-45(39)54-23-19-49(6,7)20-24-54/h13-19,23,27,32-33,35-36,40H,5,20-22,24-26,28-31,34H2,1-4,6-12H3. The van der Waals surface area contributed by atoms with E-state index in [0.717, 1.165) is 73.7 Å². The number of allylic oxidation sites excluding steroid dienone is 4. The smallest absolute Gasteiger partial charge is 0.170 e. The predicted octanol–water partition coefficient (Wildman–Crippen LogP) is 10.8. The van der Waals surface area contributed by atoms with E-state index in [1.807, 2.05) is 18.3 Å². The second-order valence-corrected chi connectivity index (χ2v) is 20.0. The summed E-state index contributed by atoms with van der Waals surface area (Å²) in [5, 5.41) is 0. The van der Waals surface area contributed by atoms with Gasteiger partial charge in [-0.25, -0.2) is 0 Å². The number of rotatable bonds is 18. The van der Waals surface area contributed by atoms with Crippen LogP contribution < -0.4 is 14.4 Å². The van der Waals surface area contributed by atoms with Crippen LogP contribution in [0.3, 0.4) is 0 Å². The third kappa shape index (κ3) is 11.8. The van der Waals surface area contributed by atoms with E-state index in [2.05, 4.69) is 115 Å². The number of Topliss-reactive ketones (excluding diaryl/α,β-unsaturated/α-hetero) is 3. The van der Waals surface area contributed by atoms with Gasteiger partial charge in [0.15, 0.2) is 17.3 Å². The molecular weight excluding hydrogens is 735 g/mol. The third-order valence-corrected chi connectivity index (χ3v) is 12.5. The van der Waals surface area contributed by atoms with Crippen molar-refractivity contribution in [2.45, 2.75) is 108 Å². The topological polar surface area (TPSA) is 79.4 Å². The van der Waals surface area contributed by atoms with Crippen LogP contribution >= 0.6 is 0 Å². The maximum absolute atomic E-state index is 14.2. The first-order valence-electron chi connectivity index (χ1n) is 21.7. The van der Waals surface area contributed by atoms with Crippen LogP contribution in [0.2, 0.25) is 0 Å². The molecule has 5 rings (SSSR count). The van der Waals surface area contributed by atoms with E-state index in [4.69, 9.17) is 9.47 Å². The van der Waals surface area contributed by atoms with Crippen molar-refractivity contribution in [1.82, 2.24) is 9.80 Å². The lowest BCUT2D eigenvalue weighted by Crippen LogP contribution is -2.44. The van der Waals surface area contributed by atoms with Gasteiger partial charge < -0.3 is 24.2 Å². The fraction of sp³-hybridized carbons (Fsp3) is 0.549. The third-order valence-electron chi connectivity index (χ3n) is 12.5. The molecule has 0 radical (unpaired) electrons. The monoisotopic (exact) mass is 806 g/mol. The van der Waals surface area contributed by atoms with Gasteiger partial charge in [0, 0.05) is 85.7 Å². The van der Waals surface area contributed by atoms with Crippen molar-refractivity contribution in [3.05, 3.63) is 102 Å². The highest BCUT2D eigenvalue weighted by molar-refractivity contribution is 6.13. The van der Waals surface area contributed by atoms with Crippen LogP contribution in [0.4, 0.5) is 5.69 Å². The van der Waals surface area contributed by atoms with Crippen molar-refractivity contribution in [2.75, 3.05) is 44.7 Å². The lowest BCUT2D eigenvalue weighted by atomic mass is 9.66. The van der Waals surface area contributed by atoms with E-state index < -0.39 is 5.41 Å². The Balaban J connectivity index is 1.24. The fourth-order valence-corrected chi connectivity index (χ4v) is 8.65. The van der Waals surface area contributed by atoms with E-state index in [0.29, 0.717) is 48.2 Å². The Labute approximate surface area is 355 Å². The van der Waals surface area contributed by atoms with Crippen LogP contribution in [0.15, 0.2) is 90.4 Å². The minimum absolute atomic E-state index is 0.0469. The molecule has 0 aromatic heterocycles. The molecule has 0 bridgehead atoms. The molecule has 8 heteroatoms. The number of hydrogen-bond acceptors (Lipinski definition) is 8. The Morgan fingerprint density at radius 2 is 1.41 bits per heavy atom. The van der Waals surface area contributed by atoms with Crippen molar-refractivity contribution in [1.29, 1.82) is 0 Å². The normalized spacial score (nSPS) is 19.7. The molecule has 0 saturated heterocycles. The Morgan fingerprint density at radius 1 is 0.780 bits per heavy atom. The first kappa shape index (κ1) is 45.5. The molecule has 0 spiro atoms. The molecule has 0 fully saturated rings. The van der Waals surface area contributed by atoms with Gasteiger partial charge in [0.25, 0.3) is 0 Å². The first-order valence-corrected chi connectivity index (χ1v) is 21.7. The van der Waals surface area contributed by atoms with Crippen LogP contribution in [0.1, 0.15) is 117 Å². The number of anilines is 1. The Kier molecular flexibility index (Phi) is 14.5. The van der Waals surface area contributed by atoms with E-state index in [1.165, 1.54) is 0 Å². The molecule has 0 N–H and O–H groups in total. The molecule has 8 nitrogen and oxygen atoms in total. The number of carbonyl (C=O) groups is 3.